The van der Waals surface area contributed by atoms with Crippen molar-refractivity contribution < 1.29 is 4.74 Å². The number of benzene rings is 1. The second-order valence-electron chi connectivity index (χ2n) is 5.31. The summed E-state index contributed by atoms with van der Waals surface area (Å²) >= 11 is 0. The van der Waals surface area contributed by atoms with Crippen LogP contribution in [-0.4, -0.2) is 32.8 Å². The lowest BCUT2D eigenvalue weighted by Gasteiger charge is -2.33. The Morgan fingerprint density at radius 1 is 1.25 bits per heavy atom. The average molecular weight is 278 g/mol. The molecule has 1 aromatic carbocycles. The molecule has 0 aliphatic heterocycles. The summed E-state index contributed by atoms with van der Waals surface area (Å²) in [5, 5.41) is 0. The van der Waals surface area contributed by atoms with Crippen molar-refractivity contribution in [2.24, 2.45) is 5.73 Å². The van der Waals surface area contributed by atoms with Gasteiger partial charge in [-0.05, 0) is 56.0 Å². The van der Waals surface area contributed by atoms with Gasteiger partial charge in [0.15, 0.2) is 0 Å². The zero-order valence-electron chi connectivity index (χ0n) is 13.5. The van der Waals surface area contributed by atoms with Crippen LogP contribution in [0.3, 0.4) is 0 Å². The maximum atomic E-state index is 5.66. The Morgan fingerprint density at radius 3 is 2.45 bits per heavy atom. The third-order valence-electron chi connectivity index (χ3n) is 3.99. The van der Waals surface area contributed by atoms with Crippen molar-refractivity contribution in [3.8, 4) is 0 Å². The van der Waals surface area contributed by atoms with Gasteiger partial charge in [-0.25, -0.2) is 0 Å². The fourth-order valence-electron chi connectivity index (χ4n) is 2.74. The van der Waals surface area contributed by atoms with Crippen LogP contribution in [0.15, 0.2) is 18.2 Å². The van der Waals surface area contributed by atoms with Crippen LogP contribution in [0.1, 0.15) is 37.8 Å². The summed E-state index contributed by atoms with van der Waals surface area (Å²) in [6, 6.07) is 7.31. The summed E-state index contributed by atoms with van der Waals surface area (Å²) in [5.41, 5.74) is 9.65. The zero-order chi connectivity index (χ0) is 15.0. The monoisotopic (exact) mass is 278 g/mol. The number of rotatable bonds is 9. The van der Waals surface area contributed by atoms with Gasteiger partial charge < -0.3 is 15.4 Å². The fourth-order valence-corrected chi connectivity index (χ4v) is 2.74. The first-order valence-corrected chi connectivity index (χ1v) is 7.73. The molecule has 3 heteroatoms. The molecule has 0 amide bonds. The summed E-state index contributed by atoms with van der Waals surface area (Å²) < 4.78 is 5.27. The van der Waals surface area contributed by atoms with E-state index in [1.807, 2.05) is 0 Å². The largest absolute Gasteiger partial charge is 0.383 e. The molecular formula is C17H30N2O. The van der Waals surface area contributed by atoms with E-state index in [2.05, 4.69) is 43.9 Å². The third-order valence-corrected chi connectivity index (χ3v) is 3.99. The maximum Gasteiger partial charge on any atom is 0.0637 e. The second-order valence-corrected chi connectivity index (χ2v) is 5.31. The second kappa shape index (κ2) is 8.98. The van der Waals surface area contributed by atoms with Gasteiger partial charge in [0, 0.05) is 25.4 Å². The van der Waals surface area contributed by atoms with Crippen molar-refractivity contribution in [1.82, 2.24) is 0 Å². The molecule has 20 heavy (non-hydrogen) atoms. The molecule has 3 nitrogen and oxygen atoms in total. The molecule has 0 spiro atoms. The van der Waals surface area contributed by atoms with Crippen molar-refractivity contribution >= 4 is 5.69 Å². The average Bonchev–Trinajstić information content (AvgIpc) is 2.46. The molecule has 0 fully saturated rings. The Labute approximate surface area is 124 Å². The van der Waals surface area contributed by atoms with E-state index < -0.39 is 0 Å². The molecule has 114 valence electrons. The van der Waals surface area contributed by atoms with E-state index in [-0.39, 0.29) is 0 Å². The first-order valence-electron chi connectivity index (χ1n) is 7.73. The molecule has 1 rings (SSSR count). The molecule has 1 aromatic rings. The van der Waals surface area contributed by atoms with Crippen molar-refractivity contribution in [2.75, 3.05) is 31.7 Å². The van der Waals surface area contributed by atoms with Crippen molar-refractivity contribution in [1.29, 1.82) is 0 Å². The minimum atomic E-state index is 0.574. The Hall–Kier alpha value is -1.06. The molecule has 0 saturated heterocycles. The van der Waals surface area contributed by atoms with Crippen molar-refractivity contribution in [3.63, 3.8) is 0 Å². The van der Waals surface area contributed by atoms with Crippen molar-refractivity contribution in [2.45, 2.75) is 46.1 Å². The Kier molecular flexibility index (Phi) is 7.63. The van der Waals surface area contributed by atoms with Crippen molar-refractivity contribution in [3.05, 3.63) is 29.3 Å². The zero-order valence-corrected chi connectivity index (χ0v) is 13.5. The normalized spacial score (nSPS) is 11.1. The van der Waals surface area contributed by atoms with Crippen LogP contribution in [-0.2, 0) is 11.2 Å². The number of methoxy groups -OCH3 is 1. The van der Waals surface area contributed by atoms with E-state index >= 15 is 0 Å². The van der Waals surface area contributed by atoms with Gasteiger partial charge in [0.2, 0.25) is 0 Å². The van der Waals surface area contributed by atoms with Gasteiger partial charge >= 0.3 is 0 Å². The fraction of sp³-hybridized carbons (Fsp3) is 0.647. The number of hydrogen-bond acceptors (Lipinski definition) is 3. The smallest absolute Gasteiger partial charge is 0.0637 e. The maximum absolute atomic E-state index is 5.66. The first kappa shape index (κ1) is 17.0. The molecule has 0 aromatic heterocycles. The molecule has 0 bridgehead atoms. The van der Waals surface area contributed by atoms with Crippen LogP contribution in [0.5, 0.6) is 0 Å². The number of ether oxygens (including phenoxy) is 1. The molecule has 0 unspecified atom stereocenters. The molecular weight excluding hydrogens is 248 g/mol. The van der Waals surface area contributed by atoms with Gasteiger partial charge in [-0.15, -0.1) is 0 Å². The topological polar surface area (TPSA) is 38.5 Å². The summed E-state index contributed by atoms with van der Waals surface area (Å²) in [5.74, 6) is 0. The Balaban J connectivity index is 2.97. The lowest BCUT2D eigenvalue weighted by Crippen LogP contribution is -2.37. The van der Waals surface area contributed by atoms with Crippen LogP contribution in [0, 0.1) is 6.92 Å². The minimum Gasteiger partial charge on any atom is -0.383 e. The quantitative estimate of drug-likeness (QED) is 0.754. The molecule has 0 aliphatic rings. The molecule has 0 aliphatic carbocycles. The molecule has 0 radical (unpaired) electrons. The van der Waals surface area contributed by atoms with Gasteiger partial charge in [0.25, 0.3) is 0 Å². The summed E-state index contributed by atoms with van der Waals surface area (Å²) in [6.07, 6.45) is 3.27. The van der Waals surface area contributed by atoms with Gasteiger partial charge in [-0.1, -0.05) is 19.9 Å². The van der Waals surface area contributed by atoms with E-state index in [4.69, 9.17) is 10.5 Å². The van der Waals surface area contributed by atoms with Crippen LogP contribution in [0.25, 0.3) is 0 Å². The number of nitrogens with zero attached hydrogens (tertiary/aromatic N) is 1. The van der Waals surface area contributed by atoms with Gasteiger partial charge in [-0.3, -0.25) is 0 Å². The van der Waals surface area contributed by atoms with Crippen LogP contribution in [0.2, 0.25) is 0 Å². The van der Waals surface area contributed by atoms with E-state index in [0.29, 0.717) is 12.6 Å². The van der Waals surface area contributed by atoms with E-state index in [9.17, 15) is 0 Å². The van der Waals surface area contributed by atoms with Crippen LogP contribution < -0.4 is 10.6 Å². The highest BCUT2D eigenvalue weighted by Crippen LogP contribution is 2.23. The molecule has 2 N–H and O–H groups in total. The van der Waals surface area contributed by atoms with E-state index in [0.717, 1.165) is 32.4 Å². The predicted octanol–water partition coefficient (Wildman–Crippen LogP) is 3.14. The summed E-state index contributed by atoms with van der Waals surface area (Å²) in [7, 11) is 1.76. The standard InChI is InChI=1S/C17H30N2O/c1-5-16(6-2)19(11-12-20-4)17-8-7-15(9-10-18)14(3)13-17/h7-8,13,16H,5-6,9-12,18H2,1-4H3. The first-order chi connectivity index (χ1) is 9.67. The minimum absolute atomic E-state index is 0.574. The predicted molar refractivity (Wildman–Crippen MR) is 87.5 cm³/mol. The number of nitrogens with two attached hydrogens (primary N) is 1. The highest BCUT2D eigenvalue weighted by molar-refractivity contribution is 5.51. The van der Waals surface area contributed by atoms with Crippen LogP contribution >= 0.6 is 0 Å². The molecule has 0 heterocycles. The number of hydrogen-bond donors (Lipinski definition) is 1. The highest BCUT2D eigenvalue weighted by Gasteiger charge is 2.16. The van der Waals surface area contributed by atoms with Gasteiger partial charge in [-0.2, -0.15) is 0 Å². The lowest BCUT2D eigenvalue weighted by molar-refractivity contribution is 0.202. The van der Waals surface area contributed by atoms with E-state index in [1.165, 1.54) is 16.8 Å². The number of aryl methyl sites for hydroxylation is 1. The lowest BCUT2D eigenvalue weighted by atomic mass is 10.0. The SMILES string of the molecule is CCC(CC)N(CCOC)c1ccc(CCN)c(C)c1. The number of anilines is 1. The van der Waals surface area contributed by atoms with Crippen LogP contribution in [0.4, 0.5) is 5.69 Å². The Morgan fingerprint density at radius 2 is 1.95 bits per heavy atom. The molecule has 0 atom stereocenters. The third kappa shape index (κ3) is 4.50. The molecule has 0 saturated carbocycles. The van der Waals surface area contributed by atoms with Gasteiger partial charge in [0.05, 0.1) is 6.61 Å². The highest BCUT2D eigenvalue weighted by atomic mass is 16.5. The Bertz CT molecular complexity index is 389. The van der Waals surface area contributed by atoms with E-state index in [1.54, 1.807) is 7.11 Å². The summed E-state index contributed by atoms with van der Waals surface area (Å²) in [6.45, 7) is 9.10. The summed E-state index contributed by atoms with van der Waals surface area (Å²) in [4.78, 5) is 2.47. The van der Waals surface area contributed by atoms with Gasteiger partial charge in [0.1, 0.15) is 0 Å².